The van der Waals surface area contributed by atoms with Crippen molar-refractivity contribution in [3.8, 4) is 0 Å². The quantitative estimate of drug-likeness (QED) is 0.334. The second-order valence-electron chi connectivity index (χ2n) is 4.51. The van der Waals surface area contributed by atoms with Crippen molar-refractivity contribution < 1.29 is 17.1 Å². The molecule has 21 heavy (non-hydrogen) atoms. The summed E-state index contributed by atoms with van der Waals surface area (Å²) >= 11 is 19.6. The van der Waals surface area contributed by atoms with Crippen LogP contribution in [0, 0.1) is 0 Å². The Bertz CT molecular complexity index is 227. The monoisotopic (exact) mass is 415 g/mol. The van der Waals surface area contributed by atoms with E-state index in [1.807, 2.05) is 0 Å². The van der Waals surface area contributed by atoms with Crippen LogP contribution in [0.2, 0.25) is 0 Å². The molecule has 0 aromatic carbocycles. The van der Waals surface area contributed by atoms with Crippen LogP contribution in [0.3, 0.4) is 0 Å². The molecule has 0 aromatic heterocycles. The number of nitrogens with zero attached hydrogens (tertiary/aromatic N) is 2. The van der Waals surface area contributed by atoms with Crippen molar-refractivity contribution in [1.29, 1.82) is 0 Å². The standard InChI is InChI=1S/2C7H15NS2.Cu/c2*1-3-5-8(6-4-2)7(9)10;/h2*3-6H2,1-2H3,(H,9,10);/q;;+2/p-2. The summed E-state index contributed by atoms with van der Waals surface area (Å²) in [4.78, 5) is 4.15. The summed E-state index contributed by atoms with van der Waals surface area (Å²) < 4.78 is 1.23. The summed E-state index contributed by atoms with van der Waals surface area (Å²) in [5.41, 5.74) is 0. The van der Waals surface area contributed by atoms with E-state index in [0.29, 0.717) is 8.64 Å². The Morgan fingerprint density at radius 2 is 0.857 bits per heavy atom. The van der Waals surface area contributed by atoms with E-state index in [-0.39, 0.29) is 17.1 Å². The van der Waals surface area contributed by atoms with Gasteiger partial charge in [-0.3, -0.25) is 0 Å². The Hall–Kier alpha value is 0.739. The Labute approximate surface area is 164 Å². The van der Waals surface area contributed by atoms with Crippen LogP contribution >= 0.6 is 24.4 Å². The predicted molar refractivity (Wildman–Crippen MR) is 104 cm³/mol. The summed E-state index contributed by atoms with van der Waals surface area (Å²) in [5, 5.41) is 0. The van der Waals surface area contributed by atoms with Gasteiger partial charge in [0.25, 0.3) is 0 Å². The Morgan fingerprint density at radius 1 is 0.667 bits per heavy atom. The van der Waals surface area contributed by atoms with E-state index in [0.717, 1.165) is 51.9 Å². The molecule has 1 radical (unpaired) electrons. The Kier molecular flexibility index (Phi) is 23.8. The van der Waals surface area contributed by atoms with Gasteiger partial charge in [0.15, 0.2) is 0 Å². The van der Waals surface area contributed by atoms with Crippen LogP contribution in [0.5, 0.6) is 0 Å². The van der Waals surface area contributed by atoms with Crippen molar-refractivity contribution in [3.05, 3.63) is 0 Å². The van der Waals surface area contributed by atoms with E-state index < -0.39 is 0 Å². The summed E-state index contributed by atoms with van der Waals surface area (Å²) in [7, 11) is 0. The predicted octanol–water partition coefficient (Wildman–Crippen LogP) is 3.88. The number of hydrogen-bond acceptors (Lipinski definition) is 4. The molecular weight excluding hydrogens is 388 g/mol. The van der Waals surface area contributed by atoms with E-state index in [1.165, 1.54) is 0 Å². The average molecular weight is 416 g/mol. The number of thiocarbonyl (C=S) groups is 2. The van der Waals surface area contributed by atoms with E-state index in [1.54, 1.807) is 0 Å². The topological polar surface area (TPSA) is 6.48 Å². The molecule has 0 unspecified atom stereocenters. The van der Waals surface area contributed by atoms with Gasteiger partial charge in [-0.05, 0) is 25.7 Å². The summed E-state index contributed by atoms with van der Waals surface area (Å²) in [5.74, 6) is 0. The van der Waals surface area contributed by atoms with Gasteiger partial charge in [0, 0.05) is 26.2 Å². The van der Waals surface area contributed by atoms with Crippen LogP contribution in [0.4, 0.5) is 0 Å². The first-order valence-corrected chi connectivity index (χ1v) is 8.99. The van der Waals surface area contributed by atoms with Crippen LogP contribution in [-0.4, -0.2) is 44.6 Å². The molecule has 0 fully saturated rings. The summed E-state index contributed by atoms with van der Waals surface area (Å²) in [6, 6.07) is 0. The molecule has 0 saturated heterocycles. The van der Waals surface area contributed by atoms with Gasteiger partial charge in [0.05, 0.1) is 0 Å². The van der Waals surface area contributed by atoms with Crippen molar-refractivity contribution >= 4 is 58.3 Å². The molecule has 0 bridgehead atoms. The number of hydrogen-bond donors (Lipinski definition) is 0. The molecule has 0 aliphatic carbocycles. The van der Waals surface area contributed by atoms with Gasteiger partial charge in [-0.1, -0.05) is 36.3 Å². The van der Waals surface area contributed by atoms with Gasteiger partial charge in [-0.15, -0.1) is 0 Å². The number of rotatable bonds is 8. The molecule has 0 heterocycles. The molecule has 129 valence electrons. The SMILES string of the molecule is CCCN(CCC)C(=S)[S-].CCCN(CCC)C(=S)[S-].[Cu+2]. The van der Waals surface area contributed by atoms with Gasteiger partial charge < -0.3 is 59.5 Å². The van der Waals surface area contributed by atoms with Crippen LogP contribution in [0.1, 0.15) is 53.4 Å². The largest absolute Gasteiger partial charge is 2.00 e. The molecule has 0 aromatic rings. The van der Waals surface area contributed by atoms with Crippen molar-refractivity contribution in [2.24, 2.45) is 0 Å². The van der Waals surface area contributed by atoms with E-state index in [4.69, 9.17) is 49.7 Å². The van der Waals surface area contributed by atoms with Crippen LogP contribution in [0.25, 0.3) is 0 Å². The molecule has 0 atom stereocenters. The first-order chi connectivity index (χ1) is 9.44. The first kappa shape index (κ1) is 26.6. The normalized spacial score (nSPS) is 8.95. The summed E-state index contributed by atoms with van der Waals surface area (Å²) in [6.07, 6.45) is 4.49. The third-order valence-corrected chi connectivity index (χ3v) is 3.52. The van der Waals surface area contributed by atoms with E-state index >= 15 is 0 Å². The molecule has 0 N–H and O–H groups in total. The smallest absolute Gasteiger partial charge is 0.411 e. The Balaban J connectivity index is -0.000000295. The maximum absolute atomic E-state index is 4.89. The fourth-order valence-corrected chi connectivity index (χ4v) is 2.40. The molecule has 2 nitrogen and oxygen atoms in total. The maximum atomic E-state index is 4.89. The van der Waals surface area contributed by atoms with E-state index in [9.17, 15) is 0 Å². The third kappa shape index (κ3) is 16.9. The van der Waals surface area contributed by atoms with Crippen molar-refractivity contribution in [1.82, 2.24) is 9.80 Å². The third-order valence-electron chi connectivity index (χ3n) is 2.49. The van der Waals surface area contributed by atoms with Gasteiger partial charge in [0.2, 0.25) is 0 Å². The second kappa shape index (κ2) is 18.8. The van der Waals surface area contributed by atoms with Crippen LogP contribution in [0.15, 0.2) is 0 Å². The molecule has 7 heteroatoms. The molecule has 0 rings (SSSR count). The zero-order valence-electron chi connectivity index (χ0n) is 13.5. The zero-order valence-corrected chi connectivity index (χ0v) is 17.7. The fraction of sp³-hybridized carbons (Fsp3) is 0.857. The van der Waals surface area contributed by atoms with Crippen molar-refractivity contribution in [3.63, 3.8) is 0 Å². The first-order valence-electron chi connectivity index (χ1n) is 7.36. The molecule has 0 aliphatic rings. The van der Waals surface area contributed by atoms with Crippen LogP contribution < -0.4 is 0 Å². The van der Waals surface area contributed by atoms with Gasteiger partial charge in [0.1, 0.15) is 0 Å². The van der Waals surface area contributed by atoms with Gasteiger partial charge in [-0.25, -0.2) is 0 Å². The Morgan fingerprint density at radius 3 is 0.952 bits per heavy atom. The van der Waals surface area contributed by atoms with Crippen molar-refractivity contribution in [2.75, 3.05) is 26.2 Å². The molecule has 0 spiro atoms. The van der Waals surface area contributed by atoms with Crippen molar-refractivity contribution in [2.45, 2.75) is 53.4 Å². The average Bonchev–Trinajstić information content (AvgIpc) is 2.38. The minimum atomic E-state index is 0. The maximum Gasteiger partial charge on any atom is 2.00 e. The van der Waals surface area contributed by atoms with Crippen LogP contribution in [-0.2, 0) is 42.3 Å². The van der Waals surface area contributed by atoms with Gasteiger partial charge >= 0.3 is 17.1 Å². The molecule has 0 amide bonds. The van der Waals surface area contributed by atoms with Gasteiger partial charge in [-0.2, -0.15) is 0 Å². The minimum Gasteiger partial charge on any atom is -0.411 e. The second-order valence-corrected chi connectivity index (χ2v) is 6.57. The zero-order chi connectivity index (χ0) is 16.0. The minimum absolute atomic E-state index is 0. The molecular formula is C14H28CuN2S4. The summed E-state index contributed by atoms with van der Waals surface area (Å²) in [6.45, 7) is 12.6. The molecule has 0 saturated carbocycles. The van der Waals surface area contributed by atoms with E-state index in [2.05, 4.69) is 37.5 Å². The fourth-order valence-electron chi connectivity index (χ4n) is 1.67. The molecule has 0 aliphatic heterocycles.